The summed E-state index contributed by atoms with van der Waals surface area (Å²) in [6, 6.07) is 16.5. The molecule has 25 heavy (non-hydrogen) atoms. The first-order chi connectivity index (χ1) is 12.1. The topological polar surface area (TPSA) is 68.4 Å². The summed E-state index contributed by atoms with van der Waals surface area (Å²) in [6.07, 6.45) is -0.0597. The molecular formula is C20H19NO4. The summed E-state index contributed by atoms with van der Waals surface area (Å²) >= 11 is 0. The third-order valence-electron chi connectivity index (χ3n) is 3.90. The molecule has 2 aromatic carbocycles. The number of aromatic amines is 1. The summed E-state index contributed by atoms with van der Waals surface area (Å²) in [7, 11) is 0. The molecule has 3 aromatic rings. The van der Waals surface area contributed by atoms with Crippen LogP contribution < -0.4 is 4.74 Å². The van der Waals surface area contributed by atoms with E-state index in [-0.39, 0.29) is 5.78 Å². The van der Waals surface area contributed by atoms with Crippen LogP contribution in [0, 0.1) is 0 Å². The first-order valence-corrected chi connectivity index (χ1v) is 8.09. The Morgan fingerprint density at radius 1 is 0.920 bits per heavy atom. The number of nitrogens with one attached hydrogen (secondary N) is 1. The van der Waals surface area contributed by atoms with Gasteiger partial charge in [-0.3, -0.25) is 4.79 Å². The van der Waals surface area contributed by atoms with Crippen LogP contribution in [-0.4, -0.2) is 28.9 Å². The number of carbonyl (C=O) groups is 2. The van der Waals surface area contributed by atoms with Crippen molar-refractivity contribution in [1.29, 1.82) is 0 Å². The van der Waals surface area contributed by atoms with E-state index in [0.717, 1.165) is 10.9 Å². The molecule has 0 aliphatic rings. The predicted molar refractivity (Wildman–Crippen MR) is 94.7 cm³/mol. The maximum Gasteiger partial charge on any atom is 0.347 e. The second-order valence-corrected chi connectivity index (χ2v) is 5.76. The zero-order chi connectivity index (χ0) is 17.8. The van der Waals surface area contributed by atoms with Gasteiger partial charge >= 0.3 is 5.97 Å². The molecule has 2 atom stereocenters. The van der Waals surface area contributed by atoms with Crippen LogP contribution in [0.1, 0.15) is 24.2 Å². The minimum Gasteiger partial charge on any atom is -0.479 e. The number of ketones is 1. The van der Waals surface area contributed by atoms with Crippen LogP contribution >= 0.6 is 0 Å². The Morgan fingerprint density at radius 2 is 1.60 bits per heavy atom. The molecule has 0 amide bonds. The zero-order valence-electron chi connectivity index (χ0n) is 14.1. The molecule has 0 saturated carbocycles. The summed E-state index contributed by atoms with van der Waals surface area (Å²) in [4.78, 5) is 27.8. The van der Waals surface area contributed by atoms with Crippen LogP contribution in [0.2, 0.25) is 0 Å². The average Bonchev–Trinajstić information content (AvgIpc) is 3.05. The summed E-state index contributed by atoms with van der Waals surface area (Å²) in [5.74, 6) is -0.259. The van der Waals surface area contributed by atoms with Crippen LogP contribution in [-0.2, 0) is 9.53 Å². The Kier molecular flexibility index (Phi) is 4.84. The van der Waals surface area contributed by atoms with E-state index in [2.05, 4.69) is 4.98 Å². The second-order valence-electron chi connectivity index (χ2n) is 5.76. The molecule has 0 spiro atoms. The number of esters is 1. The average molecular weight is 337 g/mol. The summed E-state index contributed by atoms with van der Waals surface area (Å²) in [5.41, 5.74) is 1.37. The number of fused-ring (bicyclic) bond motifs is 1. The number of hydrogen-bond donors (Lipinski definition) is 1. The maximum absolute atomic E-state index is 12.6. The highest BCUT2D eigenvalue weighted by Gasteiger charge is 2.25. The van der Waals surface area contributed by atoms with Crippen molar-refractivity contribution in [1.82, 2.24) is 4.98 Å². The fraction of sp³-hybridized carbons (Fsp3) is 0.200. The molecule has 0 fully saturated rings. The Labute approximate surface area is 145 Å². The molecule has 0 bridgehead atoms. The van der Waals surface area contributed by atoms with Crippen molar-refractivity contribution < 1.29 is 19.1 Å². The minimum atomic E-state index is -0.895. The third-order valence-corrected chi connectivity index (χ3v) is 3.90. The van der Waals surface area contributed by atoms with E-state index in [4.69, 9.17) is 9.47 Å². The number of rotatable bonds is 6. The van der Waals surface area contributed by atoms with E-state index in [1.54, 1.807) is 32.2 Å². The Morgan fingerprint density at radius 3 is 2.36 bits per heavy atom. The standard InChI is InChI=1S/C20H19NO4/c1-13(19(22)17-12-21-18-11-7-6-10-16(17)18)25-20(23)14(2)24-15-8-4-3-5-9-15/h3-14,21H,1-2H3/t13-,14+/m0/s1. The van der Waals surface area contributed by atoms with Gasteiger partial charge in [-0.1, -0.05) is 36.4 Å². The van der Waals surface area contributed by atoms with Gasteiger partial charge in [0, 0.05) is 22.7 Å². The Hall–Kier alpha value is -3.08. The van der Waals surface area contributed by atoms with E-state index in [9.17, 15) is 9.59 Å². The predicted octanol–water partition coefficient (Wildman–Crippen LogP) is 3.75. The fourth-order valence-corrected chi connectivity index (χ4v) is 2.57. The van der Waals surface area contributed by atoms with Crippen molar-refractivity contribution in [3.63, 3.8) is 0 Å². The molecule has 0 aliphatic heterocycles. The molecule has 1 aromatic heterocycles. The largest absolute Gasteiger partial charge is 0.479 e. The van der Waals surface area contributed by atoms with Gasteiger partial charge in [0.05, 0.1) is 0 Å². The highest BCUT2D eigenvalue weighted by Crippen LogP contribution is 2.20. The zero-order valence-corrected chi connectivity index (χ0v) is 14.1. The number of H-pyrrole nitrogens is 1. The SMILES string of the molecule is C[C@H](OC(=O)[C@@H](C)Oc1ccccc1)C(=O)c1c[nH]c2ccccc12. The molecule has 5 nitrogen and oxygen atoms in total. The van der Waals surface area contributed by atoms with Crippen molar-refractivity contribution in [2.24, 2.45) is 0 Å². The Bertz CT molecular complexity index is 885. The van der Waals surface area contributed by atoms with Gasteiger partial charge in [0.25, 0.3) is 0 Å². The minimum absolute atomic E-state index is 0.252. The van der Waals surface area contributed by atoms with E-state index < -0.39 is 18.2 Å². The molecular weight excluding hydrogens is 318 g/mol. The molecule has 128 valence electrons. The second kappa shape index (κ2) is 7.21. The van der Waals surface area contributed by atoms with Crippen molar-refractivity contribution in [3.8, 4) is 5.75 Å². The van der Waals surface area contributed by atoms with Gasteiger partial charge in [-0.25, -0.2) is 4.79 Å². The van der Waals surface area contributed by atoms with E-state index in [0.29, 0.717) is 11.3 Å². The normalized spacial score (nSPS) is 13.2. The number of hydrogen-bond acceptors (Lipinski definition) is 4. The molecule has 5 heteroatoms. The number of para-hydroxylation sites is 2. The first-order valence-electron chi connectivity index (χ1n) is 8.09. The highest BCUT2D eigenvalue weighted by atomic mass is 16.6. The summed E-state index contributed by atoms with van der Waals surface area (Å²) < 4.78 is 10.8. The van der Waals surface area contributed by atoms with Crippen LogP contribution in [0.3, 0.4) is 0 Å². The molecule has 1 heterocycles. The smallest absolute Gasteiger partial charge is 0.347 e. The van der Waals surface area contributed by atoms with Gasteiger partial charge in [0.1, 0.15) is 5.75 Å². The Balaban J connectivity index is 1.65. The van der Waals surface area contributed by atoms with Crippen LogP contribution in [0.15, 0.2) is 60.8 Å². The highest BCUT2D eigenvalue weighted by molar-refractivity contribution is 6.10. The molecule has 0 aliphatic carbocycles. The number of Topliss-reactive ketones (excluding diaryl/α,β-unsaturated/α-hetero) is 1. The molecule has 1 N–H and O–H groups in total. The monoisotopic (exact) mass is 337 g/mol. The lowest BCUT2D eigenvalue weighted by Crippen LogP contribution is -2.32. The number of ether oxygens (including phenoxy) is 2. The van der Waals surface area contributed by atoms with Gasteiger partial charge < -0.3 is 14.5 Å². The summed E-state index contributed by atoms with van der Waals surface area (Å²) in [6.45, 7) is 3.16. The lowest BCUT2D eigenvalue weighted by molar-refractivity contribution is -0.153. The number of carbonyl (C=O) groups excluding carboxylic acids is 2. The maximum atomic E-state index is 12.6. The number of benzene rings is 2. The molecule has 0 saturated heterocycles. The van der Waals surface area contributed by atoms with Crippen LogP contribution in [0.4, 0.5) is 0 Å². The first kappa shape index (κ1) is 16.8. The van der Waals surface area contributed by atoms with Crippen LogP contribution in [0.25, 0.3) is 10.9 Å². The van der Waals surface area contributed by atoms with Crippen molar-refractivity contribution in [3.05, 3.63) is 66.4 Å². The summed E-state index contributed by atoms with van der Waals surface area (Å²) in [5, 5.41) is 0.809. The quantitative estimate of drug-likeness (QED) is 0.549. The lowest BCUT2D eigenvalue weighted by atomic mass is 10.1. The van der Waals surface area contributed by atoms with E-state index in [1.807, 2.05) is 42.5 Å². The number of aromatic nitrogens is 1. The van der Waals surface area contributed by atoms with Gasteiger partial charge in [-0.15, -0.1) is 0 Å². The van der Waals surface area contributed by atoms with Gasteiger partial charge in [0.15, 0.2) is 12.2 Å². The lowest BCUT2D eigenvalue weighted by Gasteiger charge is -2.17. The van der Waals surface area contributed by atoms with Crippen LogP contribution in [0.5, 0.6) is 5.75 Å². The van der Waals surface area contributed by atoms with Gasteiger partial charge in [-0.05, 0) is 32.0 Å². The van der Waals surface area contributed by atoms with Crippen molar-refractivity contribution in [2.45, 2.75) is 26.1 Å². The third kappa shape index (κ3) is 3.71. The van der Waals surface area contributed by atoms with Crippen molar-refractivity contribution >= 4 is 22.7 Å². The van der Waals surface area contributed by atoms with Crippen molar-refractivity contribution in [2.75, 3.05) is 0 Å². The van der Waals surface area contributed by atoms with E-state index >= 15 is 0 Å². The molecule has 0 radical (unpaired) electrons. The van der Waals surface area contributed by atoms with E-state index in [1.165, 1.54) is 0 Å². The van der Waals surface area contributed by atoms with Gasteiger partial charge in [-0.2, -0.15) is 0 Å². The van der Waals surface area contributed by atoms with Gasteiger partial charge in [0.2, 0.25) is 5.78 Å². The fourth-order valence-electron chi connectivity index (χ4n) is 2.57. The molecule has 3 rings (SSSR count). The molecule has 0 unspecified atom stereocenters.